The molecule has 0 saturated carbocycles. The Bertz CT molecular complexity index is 588. The van der Waals surface area contributed by atoms with E-state index in [1.807, 2.05) is 0 Å². The first-order valence-electron chi connectivity index (χ1n) is 7.76. The largest absolute Gasteiger partial charge is 0.491 e. The number of aliphatic imine (C=N–C) groups is 1. The van der Waals surface area contributed by atoms with Crippen LogP contribution >= 0.6 is 24.0 Å². The molecular formula is C16H23F3IN3O2. The number of morpholine rings is 1. The molecule has 1 heterocycles. The minimum atomic E-state index is -4.48. The molecule has 0 unspecified atom stereocenters. The molecule has 1 aromatic rings. The number of rotatable bonds is 4. The van der Waals surface area contributed by atoms with Gasteiger partial charge in [0, 0.05) is 13.1 Å². The molecule has 0 atom stereocenters. The fourth-order valence-electron chi connectivity index (χ4n) is 2.36. The lowest BCUT2D eigenvalue weighted by Gasteiger charge is -2.27. The molecular weight excluding hydrogens is 450 g/mol. The molecule has 5 nitrogen and oxygen atoms in total. The maximum absolute atomic E-state index is 13.3. The van der Waals surface area contributed by atoms with Gasteiger partial charge in [-0.1, -0.05) is 6.07 Å². The topological polar surface area (TPSA) is 60.1 Å². The molecule has 2 rings (SSSR count). The average Bonchev–Trinajstić information content (AvgIpc) is 2.52. The second kappa shape index (κ2) is 9.46. The summed E-state index contributed by atoms with van der Waals surface area (Å²) in [4.78, 5) is 5.91. The monoisotopic (exact) mass is 473 g/mol. The zero-order valence-corrected chi connectivity index (χ0v) is 16.5. The summed E-state index contributed by atoms with van der Waals surface area (Å²) < 4.78 is 50.4. The Morgan fingerprint density at radius 3 is 2.52 bits per heavy atom. The van der Waals surface area contributed by atoms with Gasteiger partial charge in [-0.2, -0.15) is 13.2 Å². The summed E-state index contributed by atoms with van der Waals surface area (Å²) in [6, 6.07) is 3.91. The number of alkyl halides is 3. The van der Waals surface area contributed by atoms with Crippen molar-refractivity contribution >= 4 is 29.9 Å². The minimum absolute atomic E-state index is 0. The lowest BCUT2D eigenvalue weighted by atomic mass is 10.1. The van der Waals surface area contributed by atoms with E-state index in [4.69, 9.17) is 15.2 Å². The van der Waals surface area contributed by atoms with Crippen LogP contribution in [-0.2, 0) is 17.5 Å². The summed E-state index contributed by atoms with van der Waals surface area (Å²) in [7, 11) is 0. The number of halogens is 4. The molecule has 1 fully saturated rings. The fourth-order valence-corrected chi connectivity index (χ4v) is 2.36. The van der Waals surface area contributed by atoms with Crippen molar-refractivity contribution in [1.29, 1.82) is 0 Å². The van der Waals surface area contributed by atoms with Crippen molar-refractivity contribution in [1.82, 2.24) is 4.90 Å². The van der Waals surface area contributed by atoms with Crippen molar-refractivity contribution in [2.45, 2.75) is 32.7 Å². The van der Waals surface area contributed by atoms with Gasteiger partial charge >= 0.3 is 6.18 Å². The summed E-state index contributed by atoms with van der Waals surface area (Å²) in [6.45, 7) is 5.62. The van der Waals surface area contributed by atoms with Gasteiger partial charge in [0.05, 0.1) is 31.4 Å². The molecule has 0 spiro atoms. The van der Waals surface area contributed by atoms with Gasteiger partial charge in [-0.15, -0.1) is 24.0 Å². The molecule has 1 aliphatic rings. The van der Waals surface area contributed by atoms with Crippen molar-refractivity contribution in [2.24, 2.45) is 10.7 Å². The Hall–Kier alpha value is -1.23. The fraction of sp³-hybridized carbons (Fsp3) is 0.562. The Morgan fingerprint density at radius 1 is 1.32 bits per heavy atom. The molecule has 1 aliphatic heterocycles. The molecule has 1 aromatic carbocycles. The molecule has 25 heavy (non-hydrogen) atoms. The zero-order valence-electron chi connectivity index (χ0n) is 14.2. The van der Waals surface area contributed by atoms with Crippen LogP contribution in [0.3, 0.4) is 0 Å². The average molecular weight is 473 g/mol. The number of ether oxygens (including phenoxy) is 2. The van der Waals surface area contributed by atoms with Crippen LogP contribution in [0.4, 0.5) is 13.2 Å². The number of hydrogen-bond acceptors (Lipinski definition) is 3. The highest BCUT2D eigenvalue weighted by molar-refractivity contribution is 14.0. The Morgan fingerprint density at radius 2 is 1.96 bits per heavy atom. The van der Waals surface area contributed by atoms with Crippen molar-refractivity contribution in [3.63, 3.8) is 0 Å². The summed E-state index contributed by atoms with van der Waals surface area (Å²) in [5, 5.41) is 0. The van der Waals surface area contributed by atoms with Gasteiger partial charge in [0.25, 0.3) is 0 Å². The van der Waals surface area contributed by atoms with Crippen LogP contribution in [0.25, 0.3) is 0 Å². The van der Waals surface area contributed by atoms with Crippen LogP contribution in [-0.4, -0.2) is 43.3 Å². The molecule has 142 valence electrons. The van der Waals surface area contributed by atoms with Gasteiger partial charge in [-0.3, -0.25) is 0 Å². The van der Waals surface area contributed by atoms with Crippen LogP contribution in [0.2, 0.25) is 0 Å². The zero-order chi connectivity index (χ0) is 17.7. The van der Waals surface area contributed by atoms with Gasteiger partial charge in [0.2, 0.25) is 0 Å². The normalized spacial score (nSPS) is 15.9. The Balaban J connectivity index is 0.00000312. The van der Waals surface area contributed by atoms with E-state index >= 15 is 0 Å². The summed E-state index contributed by atoms with van der Waals surface area (Å²) in [6.07, 6.45) is -4.68. The highest BCUT2D eigenvalue weighted by atomic mass is 127. The highest BCUT2D eigenvalue weighted by Crippen LogP contribution is 2.35. The number of hydrogen-bond donors (Lipinski definition) is 1. The molecule has 2 N–H and O–H groups in total. The summed E-state index contributed by atoms with van der Waals surface area (Å²) in [5.41, 5.74) is 5.18. The van der Waals surface area contributed by atoms with Crippen LogP contribution in [0.15, 0.2) is 23.2 Å². The van der Waals surface area contributed by atoms with Gasteiger partial charge in [-0.25, -0.2) is 4.99 Å². The minimum Gasteiger partial charge on any atom is -0.491 e. The quantitative estimate of drug-likeness (QED) is 0.415. The van der Waals surface area contributed by atoms with Crippen LogP contribution in [0.1, 0.15) is 25.0 Å². The standard InChI is InChI=1S/C16H22F3N3O2.HI/c1-11(2)24-13-4-3-12(14(9-13)16(17,18)19)10-21-15(20)22-5-7-23-8-6-22;/h3-4,9,11H,5-8,10H2,1-2H3,(H2,20,21);1H. The third kappa shape index (κ3) is 6.53. The van der Waals surface area contributed by atoms with Gasteiger partial charge in [0.1, 0.15) is 5.75 Å². The van der Waals surface area contributed by atoms with Crippen molar-refractivity contribution in [3.8, 4) is 5.75 Å². The number of guanidine groups is 1. The Kier molecular flexibility index (Phi) is 8.26. The molecule has 0 aliphatic carbocycles. The second-order valence-corrected chi connectivity index (χ2v) is 5.76. The first-order valence-corrected chi connectivity index (χ1v) is 7.76. The molecule has 1 saturated heterocycles. The van der Waals surface area contributed by atoms with Gasteiger partial charge in [-0.05, 0) is 31.5 Å². The summed E-state index contributed by atoms with van der Waals surface area (Å²) in [5.74, 6) is 0.417. The predicted octanol–water partition coefficient (Wildman–Crippen LogP) is 3.26. The van der Waals surface area contributed by atoms with E-state index in [-0.39, 0.29) is 53.9 Å². The molecule has 0 aromatic heterocycles. The first-order chi connectivity index (χ1) is 11.3. The van der Waals surface area contributed by atoms with E-state index in [1.54, 1.807) is 18.7 Å². The van der Waals surface area contributed by atoms with Crippen molar-refractivity contribution < 1.29 is 22.6 Å². The van der Waals surface area contributed by atoms with E-state index in [0.717, 1.165) is 6.07 Å². The van der Waals surface area contributed by atoms with E-state index in [1.165, 1.54) is 12.1 Å². The maximum atomic E-state index is 13.3. The van der Waals surface area contributed by atoms with Gasteiger partial charge < -0.3 is 20.1 Å². The molecule has 9 heteroatoms. The number of benzene rings is 1. The van der Waals surface area contributed by atoms with E-state index in [0.29, 0.717) is 26.3 Å². The lowest BCUT2D eigenvalue weighted by Crippen LogP contribution is -2.44. The third-order valence-corrected chi connectivity index (χ3v) is 3.50. The molecule has 0 bridgehead atoms. The number of nitrogens with two attached hydrogens (primary N) is 1. The molecule has 0 radical (unpaired) electrons. The van der Waals surface area contributed by atoms with Gasteiger partial charge in [0.15, 0.2) is 5.96 Å². The van der Waals surface area contributed by atoms with Crippen molar-refractivity contribution in [3.05, 3.63) is 29.3 Å². The van der Waals surface area contributed by atoms with E-state index < -0.39 is 11.7 Å². The van der Waals surface area contributed by atoms with Crippen molar-refractivity contribution in [2.75, 3.05) is 26.3 Å². The summed E-state index contributed by atoms with van der Waals surface area (Å²) >= 11 is 0. The van der Waals surface area contributed by atoms with Crippen LogP contribution in [0, 0.1) is 0 Å². The first kappa shape index (κ1) is 21.8. The van der Waals surface area contributed by atoms with Crippen LogP contribution < -0.4 is 10.5 Å². The second-order valence-electron chi connectivity index (χ2n) is 5.76. The lowest BCUT2D eigenvalue weighted by molar-refractivity contribution is -0.138. The van der Waals surface area contributed by atoms with E-state index in [2.05, 4.69) is 4.99 Å². The van der Waals surface area contributed by atoms with Crippen LogP contribution in [0.5, 0.6) is 5.75 Å². The third-order valence-electron chi connectivity index (χ3n) is 3.50. The smallest absolute Gasteiger partial charge is 0.416 e. The molecule has 0 amide bonds. The SMILES string of the molecule is CC(C)Oc1ccc(CN=C(N)N2CCOCC2)c(C(F)(F)F)c1.I. The highest BCUT2D eigenvalue weighted by Gasteiger charge is 2.33. The predicted molar refractivity (Wildman–Crippen MR) is 100 cm³/mol. The van der Waals surface area contributed by atoms with E-state index in [9.17, 15) is 13.2 Å². The maximum Gasteiger partial charge on any atom is 0.416 e. The number of nitrogens with zero attached hydrogens (tertiary/aromatic N) is 2. The Labute approximate surface area is 162 Å².